The summed E-state index contributed by atoms with van der Waals surface area (Å²) in [6, 6.07) is 10.3. The predicted octanol–water partition coefficient (Wildman–Crippen LogP) is 1.22. The van der Waals surface area contributed by atoms with Crippen molar-refractivity contribution in [1.82, 2.24) is 19.8 Å². The lowest BCUT2D eigenvalue weighted by molar-refractivity contribution is -0.134. The van der Waals surface area contributed by atoms with Crippen LogP contribution in [0.5, 0.6) is 0 Å². The van der Waals surface area contributed by atoms with E-state index in [2.05, 4.69) is 27.0 Å². The number of imidazole rings is 1. The Kier molecular flexibility index (Phi) is 4.32. The maximum atomic E-state index is 12.8. The topological polar surface area (TPSA) is 61.5 Å². The van der Waals surface area contributed by atoms with E-state index in [1.54, 1.807) is 6.33 Å². The van der Waals surface area contributed by atoms with Gasteiger partial charge in [-0.15, -0.1) is 0 Å². The molecule has 0 spiro atoms. The lowest BCUT2D eigenvalue weighted by Crippen LogP contribution is -2.47. The minimum atomic E-state index is 0.134. The molecular weight excluding hydrogens is 304 g/mol. The highest BCUT2D eigenvalue weighted by atomic mass is 16.5. The molecule has 2 aliphatic rings. The number of benzene rings is 1. The fraction of sp³-hybridized carbons (Fsp3) is 0.444. The van der Waals surface area contributed by atoms with E-state index in [-0.39, 0.29) is 11.8 Å². The van der Waals surface area contributed by atoms with Crippen LogP contribution in [-0.2, 0) is 16.1 Å². The summed E-state index contributed by atoms with van der Waals surface area (Å²) >= 11 is 0. The summed E-state index contributed by atoms with van der Waals surface area (Å²) in [5, 5.41) is 0. The smallest absolute Gasteiger partial charge is 0.237 e. The van der Waals surface area contributed by atoms with Crippen LogP contribution in [-0.4, -0.2) is 65.1 Å². The predicted molar refractivity (Wildman–Crippen MR) is 89.5 cm³/mol. The number of aromatic nitrogens is 2. The average molecular weight is 326 g/mol. The zero-order valence-corrected chi connectivity index (χ0v) is 13.6. The van der Waals surface area contributed by atoms with Gasteiger partial charge in [-0.1, -0.05) is 30.3 Å². The van der Waals surface area contributed by atoms with Crippen LogP contribution in [0.4, 0.5) is 0 Å². The first-order valence-electron chi connectivity index (χ1n) is 8.46. The van der Waals surface area contributed by atoms with Crippen molar-refractivity contribution >= 4 is 5.91 Å². The van der Waals surface area contributed by atoms with Crippen molar-refractivity contribution in [1.29, 1.82) is 0 Å². The van der Waals surface area contributed by atoms with Crippen LogP contribution >= 0.6 is 0 Å². The molecule has 1 N–H and O–H groups in total. The fourth-order valence-electron chi connectivity index (χ4n) is 3.51. The first-order valence-corrected chi connectivity index (χ1v) is 8.46. The maximum absolute atomic E-state index is 12.8. The standard InChI is InChI=1S/C18H22N4O2/c23-17(12-21-6-8-24-9-7-21)22-10-15(14-4-2-1-3-5-14)18-16(11-22)19-13-20-18/h1-5,13,15H,6-12H2,(H,19,20). The third-order valence-electron chi connectivity index (χ3n) is 4.85. The summed E-state index contributed by atoms with van der Waals surface area (Å²) in [5.41, 5.74) is 3.32. The molecule has 1 unspecified atom stereocenters. The van der Waals surface area contributed by atoms with Gasteiger partial charge in [-0.05, 0) is 5.56 Å². The molecule has 0 saturated carbocycles. The molecule has 2 aliphatic heterocycles. The first kappa shape index (κ1) is 15.4. The molecule has 126 valence electrons. The van der Waals surface area contributed by atoms with Crippen LogP contribution in [0.15, 0.2) is 36.7 Å². The molecule has 1 atom stereocenters. The second-order valence-corrected chi connectivity index (χ2v) is 6.39. The van der Waals surface area contributed by atoms with E-state index in [1.807, 2.05) is 23.1 Å². The minimum Gasteiger partial charge on any atom is -0.379 e. The Morgan fingerprint density at radius 1 is 1.25 bits per heavy atom. The monoisotopic (exact) mass is 326 g/mol. The molecule has 1 aromatic carbocycles. The van der Waals surface area contributed by atoms with Crippen LogP contribution in [0.2, 0.25) is 0 Å². The van der Waals surface area contributed by atoms with Crippen molar-refractivity contribution in [2.24, 2.45) is 0 Å². The van der Waals surface area contributed by atoms with E-state index in [0.29, 0.717) is 32.8 Å². The van der Waals surface area contributed by atoms with Crippen molar-refractivity contribution in [3.63, 3.8) is 0 Å². The van der Waals surface area contributed by atoms with Gasteiger partial charge in [0.25, 0.3) is 0 Å². The Bertz CT molecular complexity index is 694. The number of nitrogens with zero attached hydrogens (tertiary/aromatic N) is 3. The molecular formula is C18H22N4O2. The Morgan fingerprint density at radius 3 is 2.83 bits per heavy atom. The molecule has 1 aromatic heterocycles. The van der Waals surface area contributed by atoms with Gasteiger partial charge >= 0.3 is 0 Å². The third-order valence-corrected chi connectivity index (χ3v) is 4.85. The average Bonchev–Trinajstić information content (AvgIpc) is 3.11. The second kappa shape index (κ2) is 6.75. The largest absolute Gasteiger partial charge is 0.379 e. The number of morpholine rings is 1. The van der Waals surface area contributed by atoms with Gasteiger partial charge in [-0.3, -0.25) is 9.69 Å². The van der Waals surface area contributed by atoms with Gasteiger partial charge < -0.3 is 14.6 Å². The summed E-state index contributed by atoms with van der Waals surface area (Å²) in [7, 11) is 0. The molecule has 2 aromatic rings. The van der Waals surface area contributed by atoms with E-state index >= 15 is 0 Å². The molecule has 6 heteroatoms. The number of aromatic amines is 1. The number of rotatable bonds is 3. The number of carbonyl (C=O) groups excluding carboxylic acids is 1. The number of amides is 1. The lowest BCUT2D eigenvalue weighted by Gasteiger charge is -2.34. The highest BCUT2D eigenvalue weighted by Gasteiger charge is 2.31. The van der Waals surface area contributed by atoms with Crippen molar-refractivity contribution < 1.29 is 9.53 Å². The number of hydrogen-bond donors (Lipinski definition) is 1. The van der Waals surface area contributed by atoms with Crippen LogP contribution in [0.3, 0.4) is 0 Å². The lowest BCUT2D eigenvalue weighted by atomic mass is 9.91. The van der Waals surface area contributed by atoms with Crippen molar-refractivity contribution in [2.45, 2.75) is 12.5 Å². The van der Waals surface area contributed by atoms with E-state index < -0.39 is 0 Å². The molecule has 3 heterocycles. The van der Waals surface area contributed by atoms with Crippen LogP contribution in [0.1, 0.15) is 22.9 Å². The van der Waals surface area contributed by atoms with Gasteiger partial charge in [0.1, 0.15) is 0 Å². The molecule has 0 aliphatic carbocycles. The van der Waals surface area contributed by atoms with Crippen molar-refractivity contribution in [2.75, 3.05) is 39.4 Å². The van der Waals surface area contributed by atoms with Crippen molar-refractivity contribution in [3.05, 3.63) is 53.6 Å². The highest BCUT2D eigenvalue weighted by Crippen LogP contribution is 2.31. The Labute approximate surface area is 141 Å². The van der Waals surface area contributed by atoms with Gasteiger partial charge in [0.05, 0.1) is 44.0 Å². The molecule has 24 heavy (non-hydrogen) atoms. The maximum Gasteiger partial charge on any atom is 0.237 e. The number of hydrogen-bond acceptors (Lipinski definition) is 4. The zero-order chi connectivity index (χ0) is 16.4. The number of fused-ring (bicyclic) bond motifs is 1. The highest BCUT2D eigenvalue weighted by molar-refractivity contribution is 5.78. The fourth-order valence-corrected chi connectivity index (χ4v) is 3.51. The summed E-state index contributed by atoms with van der Waals surface area (Å²) in [4.78, 5) is 24.6. The van der Waals surface area contributed by atoms with Gasteiger partial charge in [0.15, 0.2) is 0 Å². The van der Waals surface area contributed by atoms with E-state index in [4.69, 9.17) is 4.74 Å². The van der Waals surface area contributed by atoms with Gasteiger partial charge in [-0.2, -0.15) is 0 Å². The first-order chi connectivity index (χ1) is 11.8. The van der Waals surface area contributed by atoms with Crippen LogP contribution in [0.25, 0.3) is 0 Å². The van der Waals surface area contributed by atoms with E-state index in [1.165, 1.54) is 5.56 Å². The summed E-state index contributed by atoms with van der Waals surface area (Å²) < 4.78 is 5.36. The summed E-state index contributed by atoms with van der Waals surface area (Å²) in [6.07, 6.45) is 1.73. The van der Waals surface area contributed by atoms with E-state index in [9.17, 15) is 4.79 Å². The SMILES string of the molecule is O=C(CN1CCOCC1)N1Cc2[nH]cnc2C(c2ccccc2)C1. The van der Waals surface area contributed by atoms with Gasteiger partial charge in [-0.25, -0.2) is 4.98 Å². The van der Waals surface area contributed by atoms with Gasteiger partial charge in [0.2, 0.25) is 5.91 Å². The van der Waals surface area contributed by atoms with Crippen LogP contribution < -0.4 is 0 Å². The Morgan fingerprint density at radius 2 is 2.04 bits per heavy atom. The Balaban J connectivity index is 1.52. The second-order valence-electron chi connectivity index (χ2n) is 6.39. The molecule has 1 saturated heterocycles. The van der Waals surface area contributed by atoms with Crippen LogP contribution in [0, 0.1) is 0 Å². The molecule has 1 fully saturated rings. The number of nitrogens with one attached hydrogen (secondary N) is 1. The molecule has 6 nitrogen and oxygen atoms in total. The molecule has 0 radical (unpaired) electrons. The number of ether oxygens (including phenoxy) is 1. The number of H-pyrrole nitrogens is 1. The quantitative estimate of drug-likeness (QED) is 0.921. The Hall–Kier alpha value is -2.18. The van der Waals surface area contributed by atoms with E-state index in [0.717, 1.165) is 24.5 Å². The molecule has 1 amide bonds. The normalized spacial score (nSPS) is 21.5. The van der Waals surface area contributed by atoms with Crippen molar-refractivity contribution in [3.8, 4) is 0 Å². The summed E-state index contributed by atoms with van der Waals surface area (Å²) in [5.74, 6) is 0.313. The molecule has 4 rings (SSSR count). The zero-order valence-electron chi connectivity index (χ0n) is 13.6. The summed E-state index contributed by atoms with van der Waals surface area (Å²) in [6.45, 7) is 4.85. The van der Waals surface area contributed by atoms with Gasteiger partial charge in [0, 0.05) is 25.6 Å². The third kappa shape index (κ3) is 3.07. The molecule has 0 bridgehead atoms. The minimum absolute atomic E-state index is 0.134. The number of carbonyl (C=O) groups is 1.